The molecule has 0 radical (unpaired) electrons. The molecule has 0 heterocycles. The van der Waals surface area contributed by atoms with Crippen molar-refractivity contribution in [2.75, 3.05) is 0 Å². The Hall–Kier alpha value is -1.38. The lowest BCUT2D eigenvalue weighted by atomic mass is 10.1. The Bertz CT molecular complexity index is 451. The van der Waals surface area contributed by atoms with Crippen molar-refractivity contribution in [2.24, 2.45) is 0 Å². The summed E-state index contributed by atoms with van der Waals surface area (Å²) >= 11 is 0. The molecule has 0 aliphatic heterocycles. The SMILES string of the molecule is CCCCC/C=C\C=C\CCCCCCCCC(=O)OC(CCC)CCC(C)=O. The van der Waals surface area contributed by atoms with Gasteiger partial charge < -0.3 is 9.53 Å². The zero-order chi connectivity index (χ0) is 21.6. The number of rotatable bonds is 20. The van der Waals surface area contributed by atoms with Gasteiger partial charge in [-0.05, 0) is 51.9 Å². The molecule has 1 atom stereocenters. The second kappa shape index (κ2) is 21.3. The van der Waals surface area contributed by atoms with E-state index in [1.54, 1.807) is 6.92 Å². The van der Waals surface area contributed by atoms with E-state index in [2.05, 4.69) is 38.2 Å². The van der Waals surface area contributed by atoms with Crippen LogP contribution in [0.4, 0.5) is 0 Å². The molecule has 0 N–H and O–H groups in total. The Morgan fingerprint density at radius 3 is 1.90 bits per heavy atom. The van der Waals surface area contributed by atoms with E-state index in [-0.39, 0.29) is 17.9 Å². The van der Waals surface area contributed by atoms with Gasteiger partial charge in [0.2, 0.25) is 0 Å². The fourth-order valence-electron chi connectivity index (χ4n) is 3.29. The lowest BCUT2D eigenvalue weighted by Gasteiger charge is -2.16. The van der Waals surface area contributed by atoms with E-state index in [1.165, 1.54) is 51.4 Å². The minimum Gasteiger partial charge on any atom is -0.462 e. The molecule has 0 bridgehead atoms. The summed E-state index contributed by atoms with van der Waals surface area (Å²) in [4.78, 5) is 23.1. The third kappa shape index (κ3) is 21.2. The summed E-state index contributed by atoms with van der Waals surface area (Å²) in [6, 6.07) is 0. The maximum atomic E-state index is 12.0. The summed E-state index contributed by atoms with van der Waals surface area (Å²) in [6.45, 7) is 5.91. The number of hydrogen-bond acceptors (Lipinski definition) is 3. The van der Waals surface area contributed by atoms with Gasteiger partial charge in [0, 0.05) is 12.8 Å². The molecule has 1 unspecified atom stereocenters. The summed E-state index contributed by atoms with van der Waals surface area (Å²) < 4.78 is 5.56. The van der Waals surface area contributed by atoms with Crippen LogP contribution in [0.3, 0.4) is 0 Å². The van der Waals surface area contributed by atoms with Crippen LogP contribution in [0.1, 0.15) is 124 Å². The van der Waals surface area contributed by atoms with Crippen LogP contribution in [0.15, 0.2) is 24.3 Å². The molecule has 3 heteroatoms. The summed E-state index contributed by atoms with van der Waals surface area (Å²) in [5, 5.41) is 0. The number of ether oxygens (including phenoxy) is 1. The van der Waals surface area contributed by atoms with Crippen LogP contribution in [0.25, 0.3) is 0 Å². The summed E-state index contributed by atoms with van der Waals surface area (Å²) in [7, 11) is 0. The average Bonchev–Trinajstić information content (AvgIpc) is 2.69. The van der Waals surface area contributed by atoms with Crippen LogP contribution < -0.4 is 0 Å². The molecule has 0 saturated carbocycles. The Morgan fingerprint density at radius 2 is 1.31 bits per heavy atom. The molecular weight excluding hydrogens is 360 g/mol. The van der Waals surface area contributed by atoms with Gasteiger partial charge in [-0.3, -0.25) is 4.79 Å². The molecule has 0 aromatic heterocycles. The maximum Gasteiger partial charge on any atom is 0.306 e. The van der Waals surface area contributed by atoms with E-state index < -0.39 is 0 Å². The van der Waals surface area contributed by atoms with Crippen LogP contribution in [-0.4, -0.2) is 17.9 Å². The van der Waals surface area contributed by atoms with Gasteiger partial charge in [0.25, 0.3) is 0 Å². The number of unbranched alkanes of at least 4 members (excludes halogenated alkanes) is 9. The largest absolute Gasteiger partial charge is 0.462 e. The van der Waals surface area contributed by atoms with E-state index in [1.807, 2.05) is 0 Å². The molecule has 29 heavy (non-hydrogen) atoms. The van der Waals surface area contributed by atoms with Gasteiger partial charge in [0.1, 0.15) is 11.9 Å². The van der Waals surface area contributed by atoms with Gasteiger partial charge in [-0.15, -0.1) is 0 Å². The summed E-state index contributed by atoms with van der Waals surface area (Å²) in [6.07, 6.45) is 25.5. The molecule has 0 amide bonds. The number of carbonyl (C=O) groups excluding carboxylic acids is 2. The molecule has 0 aliphatic rings. The fourth-order valence-corrected chi connectivity index (χ4v) is 3.29. The van der Waals surface area contributed by atoms with Gasteiger partial charge in [-0.1, -0.05) is 83.1 Å². The van der Waals surface area contributed by atoms with Crippen molar-refractivity contribution in [3.05, 3.63) is 24.3 Å². The first-order chi connectivity index (χ1) is 14.1. The average molecular weight is 407 g/mol. The number of esters is 1. The molecule has 0 fully saturated rings. The second-order valence-electron chi connectivity index (χ2n) is 8.15. The highest BCUT2D eigenvalue weighted by molar-refractivity contribution is 5.75. The highest BCUT2D eigenvalue weighted by atomic mass is 16.5. The van der Waals surface area contributed by atoms with E-state index in [0.29, 0.717) is 19.3 Å². The maximum absolute atomic E-state index is 12.0. The van der Waals surface area contributed by atoms with Gasteiger partial charge >= 0.3 is 5.97 Å². The van der Waals surface area contributed by atoms with E-state index >= 15 is 0 Å². The van der Waals surface area contributed by atoms with Gasteiger partial charge in [-0.2, -0.15) is 0 Å². The first-order valence-electron chi connectivity index (χ1n) is 12.1. The lowest BCUT2D eigenvalue weighted by molar-refractivity contribution is -0.150. The lowest BCUT2D eigenvalue weighted by Crippen LogP contribution is -2.19. The zero-order valence-corrected chi connectivity index (χ0v) is 19.4. The Balaban J connectivity index is 3.56. The molecule has 3 nitrogen and oxygen atoms in total. The number of hydrogen-bond donors (Lipinski definition) is 0. The quantitative estimate of drug-likeness (QED) is 0.117. The highest BCUT2D eigenvalue weighted by Gasteiger charge is 2.14. The molecule has 0 aromatic rings. The van der Waals surface area contributed by atoms with Gasteiger partial charge in [0.15, 0.2) is 0 Å². The number of allylic oxidation sites excluding steroid dienone is 4. The third-order valence-corrected chi connectivity index (χ3v) is 5.09. The molecule has 0 saturated heterocycles. The van der Waals surface area contributed by atoms with Crippen LogP contribution in [0.5, 0.6) is 0 Å². The second-order valence-corrected chi connectivity index (χ2v) is 8.15. The van der Waals surface area contributed by atoms with Crippen molar-refractivity contribution in [1.29, 1.82) is 0 Å². The summed E-state index contributed by atoms with van der Waals surface area (Å²) in [5.74, 6) is 0.0661. The normalized spacial score (nSPS) is 12.7. The Kier molecular flexibility index (Phi) is 20.3. The van der Waals surface area contributed by atoms with Crippen LogP contribution in [-0.2, 0) is 14.3 Å². The minimum absolute atomic E-state index is 0.0874. The van der Waals surface area contributed by atoms with E-state index in [0.717, 1.165) is 32.1 Å². The van der Waals surface area contributed by atoms with Crippen LogP contribution >= 0.6 is 0 Å². The van der Waals surface area contributed by atoms with Crippen molar-refractivity contribution in [3.8, 4) is 0 Å². The smallest absolute Gasteiger partial charge is 0.306 e. The Morgan fingerprint density at radius 1 is 0.724 bits per heavy atom. The van der Waals surface area contributed by atoms with Crippen molar-refractivity contribution in [3.63, 3.8) is 0 Å². The number of Topliss-reactive ketones (excluding diaryl/α,β-unsaturated/α-hetero) is 1. The molecule has 168 valence electrons. The molecule has 0 aromatic carbocycles. The van der Waals surface area contributed by atoms with E-state index in [4.69, 9.17) is 4.74 Å². The topological polar surface area (TPSA) is 43.4 Å². The predicted molar refractivity (Wildman–Crippen MR) is 124 cm³/mol. The van der Waals surface area contributed by atoms with Gasteiger partial charge in [0.05, 0.1) is 0 Å². The predicted octanol–water partition coefficient (Wildman–Crippen LogP) is 7.88. The fraction of sp³-hybridized carbons (Fsp3) is 0.769. The number of carbonyl (C=O) groups is 2. The minimum atomic E-state index is -0.0973. The van der Waals surface area contributed by atoms with E-state index in [9.17, 15) is 9.59 Å². The first kappa shape index (κ1) is 27.6. The first-order valence-corrected chi connectivity index (χ1v) is 12.1. The van der Waals surface area contributed by atoms with Crippen molar-refractivity contribution in [1.82, 2.24) is 0 Å². The van der Waals surface area contributed by atoms with Crippen LogP contribution in [0, 0.1) is 0 Å². The third-order valence-electron chi connectivity index (χ3n) is 5.09. The van der Waals surface area contributed by atoms with Crippen molar-refractivity contribution >= 4 is 11.8 Å². The monoisotopic (exact) mass is 406 g/mol. The summed E-state index contributed by atoms with van der Waals surface area (Å²) in [5.41, 5.74) is 0. The molecule has 0 rings (SSSR count). The van der Waals surface area contributed by atoms with Gasteiger partial charge in [-0.25, -0.2) is 0 Å². The molecular formula is C26H46O3. The number of ketones is 1. The molecule has 0 spiro atoms. The zero-order valence-electron chi connectivity index (χ0n) is 19.4. The van der Waals surface area contributed by atoms with Crippen molar-refractivity contribution < 1.29 is 14.3 Å². The molecule has 0 aliphatic carbocycles. The van der Waals surface area contributed by atoms with Crippen LogP contribution in [0.2, 0.25) is 0 Å². The standard InChI is InChI=1S/C26H46O3/c1-4-6-7-8-9-10-11-12-13-14-15-16-17-18-19-21-26(28)29-25(20-5-2)23-22-24(3)27/h9-12,25H,4-8,13-23H2,1-3H3/b10-9-,12-11+. The Labute approximate surface area is 180 Å². The highest BCUT2D eigenvalue weighted by Crippen LogP contribution is 2.13. The van der Waals surface area contributed by atoms with Crippen molar-refractivity contribution in [2.45, 2.75) is 130 Å².